The molecule has 2 fully saturated rings. The number of nitrogens with zero attached hydrogens (tertiary/aromatic N) is 4. The first-order chi connectivity index (χ1) is 17.9. The molecule has 10 nitrogen and oxygen atoms in total. The van der Waals surface area contributed by atoms with Gasteiger partial charge in [-0.05, 0) is 12.0 Å². The van der Waals surface area contributed by atoms with Gasteiger partial charge in [0.05, 0.1) is 26.1 Å². The van der Waals surface area contributed by atoms with Crippen molar-refractivity contribution in [3.8, 4) is 12.3 Å². The van der Waals surface area contributed by atoms with Crippen LogP contribution in [0.25, 0.3) is 0 Å². The zero-order valence-electron chi connectivity index (χ0n) is 21.5. The quantitative estimate of drug-likeness (QED) is 0.329. The van der Waals surface area contributed by atoms with E-state index in [1.165, 1.54) is 21.3 Å². The van der Waals surface area contributed by atoms with Gasteiger partial charge in [0.15, 0.2) is 0 Å². The Bertz CT molecular complexity index is 995. The first kappa shape index (κ1) is 28.0. The average molecular weight is 512 g/mol. The van der Waals surface area contributed by atoms with Gasteiger partial charge >= 0.3 is 12.0 Å². The third kappa shape index (κ3) is 7.23. The minimum atomic E-state index is -1.18. The summed E-state index contributed by atoms with van der Waals surface area (Å²) in [6, 6.07) is 7.75. The zero-order chi connectivity index (χ0) is 26.8. The highest BCUT2D eigenvalue weighted by Crippen LogP contribution is 2.28. The Kier molecular flexibility index (Phi) is 10.3. The minimum Gasteiger partial charge on any atom is -0.481 e. The van der Waals surface area contributed by atoms with Crippen molar-refractivity contribution in [2.24, 2.45) is 0 Å². The highest BCUT2D eigenvalue weighted by Gasteiger charge is 2.51. The fourth-order valence-electron chi connectivity index (χ4n) is 4.94. The minimum absolute atomic E-state index is 0.0177. The number of urea groups is 1. The summed E-state index contributed by atoms with van der Waals surface area (Å²) in [6.45, 7) is 2.74. The van der Waals surface area contributed by atoms with E-state index in [-0.39, 0.29) is 26.2 Å². The van der Waals surface area contributed by atoms with E-state index in [9.17, 15) is 24.3 Å². The Morgan fingerprint density at radius 3 is 2.49 bits per heavy atom. The van der Waals surface area contributed by atoms with Gasteiger partial charge in [-0.1, -0.05) is 75.3 Å². The van der Waals surface area contributed by atoms with Gasteiger partial charge in [0.1, 0.15) is 12.2 Å². The van der Waals surface area contributed by atoms with Gasteiger partial charge < -0.3 is 20.2 Å². The van der Waals surface area contributed by atoms with Crippen LogP contribution in [0.15, 0.2) is 30.3 Å². The van der Waals surface area contributed by atoms with E-state index in [1.54, 1.807) is 4.90 Å². The summed E-state index contributed by atoms with van der Waals surface area (Å²) in [4.78, 5) is 54.5. The number of fused-ring (bicyclic) bond motifs is 1. The molecular weight excluding hydrogens is 474 g/mol. The highest BCUT2D eigenvalue weighted by molar-refractivity contribution is 5.93. The maximum absolute atomic E-state index is 13.4. The Balaban J connectivity index is 1.82. The van der Waals surface area contributed by atoms with Gasteiger partial charge in [-0.2, -0.15) is 5.01 Å². The third-order valence-corrected chi connectivity index (χ3v) is 6.75. The Hall–Kier alpha value is -3.58. The summed E-state index contributed by atoms with van der Waals surface area (Å²) >= 11 is 0. The maximum atomic E-state index is 13.4. The fraction of sp³-hybridized carbons (Fsp3) is 0.556. The van der Waals surface area contributed by atoms with Crippen LogP contribution < -0.4 is 5.32 Å². The van der Waals surface area contributed by atoms with Crippen LogP contribution in [0.5, 0.6) is 0 Å². The molecule has 10 heteroatoms. The van der Waals surface area contributed by atoms with Gasteiger partial charge in [0.2, 0.25) is 11.8 Å². The largest absolute Gasteiger partial charge is 0.481 e. The standard InChI is InChI=1S/C27H37N5O5/c1-3-5-6-7-8-12-16-29-19-23-31(22(26(29)36)17-25(34)35)24(33)20-30(15-4-2)32(23)27(37)28-18-21-13-10-9-11-14-21/h2,9-11,13-14,22-23H,3,5-8,12,15-20H2,1H3,(H,28,37)(H,34,35)/t22-,23-/m0/s1. The van der Waals surface area contributed by atoms with Crippen LogP contribution in [0, 0.1) is 12.3 Å². The van der Waals surface area contributed by atoms with Crippen molar-refractivity contribution in [2.45, 2.75) is 70.6 Å². The summed E-state index contributed by atoms with van der Waals surface area (Å²) in [5.74, 6) is 0.492. The maximum Gasteiger partial charge on any atom is 0.334 e. The van der Waals surface area contributed by atoms with Crippen molar-refractivity contribution in [3.05, 3.63) is 35.9 Å². The number of amides is 4. The van der Waals surface area contributed by atoms with Gasteiger partial charge in [-0.15, -0.1) is 6.42 Å². The third-order valence-electron chi connectivity index (χ3n) is 6.75. The molecule has 3 rings (SSSR count). The van der Waals surface area contributed by atoms with E-state index >= 15 is 0 Å². The smallest absolute Gasteiger partial charge is 0.334 e. The summed E-state index contributed by atoms with van der Waals surface area (Å²) in [6.07, 6.45) is 10.4. The Morgan fingerprint density at radius 1 is 1.11 bits per heavy atom. The summed E-state index contributed by atoms with van der Waals surface area (Å²) < 4.78 is 0. The van der Waals surface area contributed by atoms with Gasteiger partial charge in [0.25, 0.3) is 0 Å². The molecule has 4 amide bonds. The van der Waals surface area contributed by atoms with Crippen LogP contribution in [0.4, 0.5) is 4.79 Å². The number of nitrogens with one attached hydrogen (secondary N) is 1. The monoisotopic (exact) mass is 511 g/mol. The molecule has 0 unspecified atom stereocenters. The molecule has 0 aromatic heterocycles. The van der Waals surface area contributed by atoms with Crippen molar-refractivity contribution in [1.29, 1.82) is 0 Å². The van der Waals surface area contributed by atoms with Crippen molar-refractivity contribution in [1.82, 2.24) is 25.1 Å². The predicted molar refractivity (Wildman–Crippen MR) is 138 cm³/mol. The SMILES string of the molecule is C#CCN1CC(=O)N2[C@@H](CC(=O)O)C(=O)N(CCCCCCCC)C[C@@H]2N1C(=O)NCc1ccccc1. The van der Waals surface area contributed by atoms with Gasteiger partial charge in [-0.3, -0.25) is 14.4 Å². The zero-order valence-corrected chi connectivity index (χ0v) is 21.5. The van der Waals surface area contributed by atoms with Crippen LogP contribution in [-0.4, -0.2) is 87.1 Å². The number of carboxylic acids is 1. The molecule has 1 aromatic rings. The lowest BCUT2D eigenvalue weighted by Gasteiger charge is -2.54. The van der Waals surface area contributed by atoms with Crippen molar-refractivity contribution < 1.29 is 24.3 Å². The molecule has 200 valence electrons. The molecule has 0 radical (unpaired) electrons. The molecule has 2 atom stereocenters. The second-order valence-electron chi connectivity index (χ2n) is 9.46. The topological polar surface area (TPSA) is 114 Å². The van der Waals surface area contributed by atoms with Crippen LogP contribution in [0.3, 0.4) is 0 Å². The molecule has 37 heavy (non-hydrogen) atoms. The molecule has 2 aliphatic heterocycles. The lowest BCUT2D eigenvalue weighted by atomic mass is 10.0. The molecule has 0 bridgehead atoms. The molecule has 0 saturated carbocycles. The number of hydrogen-bond acceptors (Lipinski definition) is 5. The van der Waals surface area contributed by atoms with E-state index < -0.39 is 42.4 Å². The number of hydrogen-bond donors (Lipinski definition) is 2. The lowest BCUT2D eigenvalue weighted by molar-refractivity contribution is -0.190. The molecule has 2 saturated heterocycles. The summed E-state index contributed by atoms with van der Waals surface area (Å²) in [7, 11) is 0. The summed E-state index contributed by atoms with van der Waals surface area (Å²) in [5, 5.41) is 15.3. The molecule has 2 N–H and O–H groups in total. The van der Waals surface area contributed by atoms with Crippen LogP contribution in [0.2, 0.25) is 0 Å². The van der Waals surface area contributed by atoms with E-state index in [1.807, 2.05) is 30.3 Å². The Morgan fingerprint density at radius 2 is 1.81 bits per heavy atom. The van der Waals surface area contributed by atoms with E-state index in [4.69, 9.17) is 6.42 Å². The number of unbranched alkanes of at least 4 members (excludes halogenated alkanes) is 5. The number of terminal acetylenes is 1. The molecule has 2 aliphatic rings. The average Bonchev–Trinajstić information content (AvgIpc) is 2.87. The molecular formula is C27H37N5O5. The van der Waals surface area contributed by atoms with Crippen molar-refractivity contribution >= 4 is 23.8 Å². The molecule has 1 aromatic carbocycles. The number of hydrazine groups is 1. The van der Waals surface area contributed by atoms with Crippen molar-refractivity contribution in [3.63, 3.8) is 0 Å². The number of carboxylic acid groups (broad SMARTS) is 1. The number of carbonyl (C=O) groups is 4. The first-order valence-electron chi connectivity index (χ1n) is 13.0. The lowest BCUT2D eigenvalue weighted by Crippen LogP contribution is -2.76. The van der Waals surface area contributed by atoms with E-state index in [0.717, 1.165) is 37.7 Å². The number of carbonyl (C=O) groups excluding carboxylic acids is 3. The second-order valence-corrected chi connectivity index (χ2v) is 9.46. The van der Waals surface area contributed by atoms with E-state index in [2.05, 4.69) is 18.2 Å². The molecule has 0 aliphatic carbocycles. The number of piperazine rings is 1. The molecule has 2 heterocycles. The fourth-order valence-corrected chi connectivity index (χ4v) is 4.94. The number of rotatable bonds is 12. The summed E-state index contributed by atoms with van der Waals surface area (Å²) in [5.41, 5.74) is 0.900. The number of aliphatic carboxylic acids is 1. The predicted octanol–water partition coefficient (Wildman–Crippen LogP) is 2.26. The van der Waals surface area contributed by atoms with Gasteiger partial charge in [0, 0.05) is 13.1 Å². The van der Waals surface area contributed by atoms with Crippen LogP contribution in [0.1, 0.15) is 57.4 Å². The Labute approximate surface area is 218 Å². The number of benzene rings is 1. The van der Waals surface area contributed by atoms with Crippen LogP contribution in [-0.2, 0) is 20.9 Å². The first-order valence-corrected chi connectivity index (χ1v) is 13.0. The van der Waals surface area contributed by atoms with Crippen LogP contribution >= 0.6 is 0 Å². The molecule has 0 spiro atoms. The van der Waals surface area contributed by atoms with Crippen molar-refractivity contribution in [2.75, 3.05) is 26.2 Å². The normalized spacial score (nSPS) is 19.9. The van der Waals surface area contributed by atoms with E-state index in [0.29, 0.717) is 6.54 Å². The highest BCUT2D eigenvalue weighted by atomic mass is 16.4. The van der Waals surface area contributed by atoms with Gasteiger partial charge in [-0.25, -0.2) is 9.80 Å². The second kappa shape index (κ2) is 13.7.